The number of rotatable bonds is 4. The molecular weight excluding hydrogens is 237 g/mol. The van der Waals surface area contributed by atoms with Crippen LogP contribution in [-0.2, 0) is 13.5 Å². The standard InChI is InChI=1S/C12H14FN3O2/c1-16-7-9(14-15-16)6-11(17)8-3-4-12(18-2)10(13)5-8/h3-5,7,11,17H,6H2,1-2H3. The molecule has 18 heavy (non-hydrogen) atoms. The van der Waals surface area contributed by atoms with Crippen LogP contribution in [0.5, 0.6) is 5.75 Å². The van der Waals surface area contributed by atoms with Crippen LogP contribution in [0.4, 0.5) is 4.39 Å². The van der Waals surface area contributed by atoms with Gasteiger partial charge in [0.1, 0.15) is 0 Å². The number of aliphatic hydroxyl groups is 1. The van der Waals surface area contributed by atoms with Crippen LogP contribution in [-0.4, -0.2) is 27.2 Å². The second kappa shape index (κ2) is 5.14. The number of hydrogen-bond acceptors (Lipinski definition) is 4. The lowest BCUT2D eigenvalue weighted by atomic mass is 10.0. The number of methoxy groups -OCH3 is 1. The molecule has 0 aliphatic heterocycles. The molecule has 2 rings (SSSR count). The molecule has 0 aliphatic rings. The zero-order chi connectivity index (χ0) is 13.1. The first-order valence-corrected chi connectivity index (χ1v) is 5.47. The number of hydrogen-bond donors (Lipinski definition) is 1. The molecule has 0 bridgehead atoms. The SMILES string of the molecule is COc1ccc(C(O)Cc2cn(C)nn2)cc1F. The molecular formula is C12H14FN3O2. The molecule has 96 valence electrons. The summed E-state index contributed by atoms with van der Waals surface area (Å²) in [5, 5.41) is 17.6. The fourth-order valence-corrected chi connectivity index (χ4v) is 1.69. The number of nitrogens with zero attached hydrogens (tertiary/aromatic N) is 3. The Morgan fingerprint density at radius 2 is 2.28 bits per heavy atom. The van der Waals surface area contributed by atoms with Crippen molar-refractivity contribution in [2.45, 2.75) is 12.5 Å². The van der Waals surface area contributed by atoms with Crippen molar-refractivity contribution in [1.82, 2.24) is 15.0 Å². The molecule has 6 heteroatoms. The minimum atomic E-state index is -0.817. The lowest BCUT2D eigenvalue weighted by Gasteiger charge is -2.10. The Morgan fingerprint density at radius 3 is 2.83 bits per heavy atom. The Morgan fingerprint density at radius 1 is 1.50 bits per heavy atom. The second-order valence-electron chi connectivity index (χ2n) is 4.00. The summed E-state index contributed by atoms with van der Waals surface area (Å²) in [4.78, 5) is 0. The summed E-state index contributed by atoms with van der Waals surface area (Å²) in [6.45, 7) is 0. The fourth-order valence-electron chi connectivity index (χ4n) is 1.69. The van der Waals surface area contributed by atoms with Gasteiger partial charge in [-0.05, 0) is 17.7 Å². The highest BCUT2D eigenvalue weighted by Crippen LogP contribution is 2.23. The van der Waals surface area contributed by atoms with Gasteiger partial charge in [-0.15, -0.1) is 5.10 Å². The van der Waals surface area contributed by atoms with E-state index in [4.69, 9.17) is 4.74 Å². The van der Waals surface area contributed by atoms with Gasteiger partial charge in [0.2, 0.25) is 0 Å². The summed E-state index contributed by atoms with van der Waals surface area (Å²) in [5.41, 5.74) is 1.14. The summed E-state index contributed by atoms with van der Waals surface area (Å²) in [7, 11) is 3.14. The van der Waals surface area contributed by atoms with Crippen LogP contribution in [0.1, 0.15) is 17.4 Å². The Kier molecular flexibility index (Phi) is 3.57. The number of aryl methyl sites for hydroxylation is 1. The number of ether oxygens (including phenoxy) is 1. The monoisotopic (exact) mass is 251 g/mol. The van der Waals surface area contributed by atoms with Crippen molar-refractivity contribution in [3.05, 3.63) is 41.5 Å². The van der Waals surface area contributed by atoms with E-state index in [1.807, 2.05) is 0 Å². The van der Waals surface area contributed by atoms with Crippen LogP contribution < -0.4 is 4.74 Å². The van der Waals surface area contributed by atoms with Gasteiger partial charge < -0.3 is 9.84 Å². The van der Waals surface area contributed by atoms with Gasteiger partial charge in [0.05, 0.1) is 18.9 Å². The summed E-state index contributed by atoms with van der Waals surface area (Å²) in [6.07, 6.45) is 1.19. The van der Waals surface area contributed by atoms with Crippen molar-refractivity contribution < 1.29 is 14.2 Å². The second-order valence-corrected chi connectivity index (χ2v) is 4.00. The fraction of sp³-hybridized carbons (Fsp3) is 0.333. The van der Waals surface area contributed by atoms with Gasteiger partial charge in [0.15, 0.2) is 11.6 Å². The van der Waals surface area contributed by atoms with Gasteiger partial charge >= 0.3 is 0 Å². The molecule has 1 aromatic carbocycles. The highest BCUT2D eigenvalue weighted by Gasteiger charge is 2.13. The summed E-state index contributed by atoms with van der Waals surface area (Å²) in [6, 6.07) is 4.38. The van der Waals surface area contributed by atoms with E-state index >= 15 is 0 Å². The third-order valence-electron chi connectivity index (χ3n) is 2.61. The summed E-state index contributed by atoms with van der Waals surface area (Å²) >= 11 is 0. The summed E-state index contributed by atoms with van der Waals surface area (Å²) in [5.74, 6) is -0.335. The van der Waals surface area contributed by atoms with Crippen LogP contribution in [0.3, 0.4) is 0 Å². The molecule has 2 aromatic rings. The molecule has 1 N–H and O–H groups in total. The lowest BCUT2D eigenvalue weighted by Crippen LogP contribution is -2.03. The van der Waals surface area contributed by atoms with Crippen molar-refractivity contribution >= 4 is 0 Å². The Hall–Kier alpha value is -1.95. The molecule has 0 spiro atoms. The van der Waals surface area contributed by atoms with E-state index in [2.05, 4.69) is 10.3 Å². The highest BCUT2D eigenvalue weighted by atomic mass is 19.1. The zero-order valence-electron chi connectivity index (χ0n) is 10.2. The van der Waals surface area contributed by atoms with Crippen LogP contribution in [0.15, 0.2) is 24.4 Å². The maximum atomic E-state index is 13.5. The van der Waals surface area contributed by atoms with Gasteiger partial charge in [-0.2, -0.15) is 0 Å². The van der Waals surface area contributed by atoms with Crippen molar-refractivity contribution in [2.24, 2.45) is 7.05 Å². The lowest BCUT2D eigenvalue weighted by molar-refractivity contribution is 0.176. The molecule has 0 fully saturated rings. The van der Waals surface area contributed by atoms with Crippen LogP contribution in [0.2, 0.25) is 0 Å². The average molecular weight is 251 g/mol. The van der Waals surface area contributed by atoms with Gasteiger partial charge in [-0.3, -0.25) is 4.68 Å². The van der Waals surface area contributed by atoms with Gasteiger partial charge in [-0.25, -0.2) is 4.39 Å². The summed E-state index contributed by atoms with van der Waals surface area (Å²) < 4.78 is 19.9. The molecule has 0 saturated carbocycles. The Labute approximate surface area is 104 Å². The van der Waals surface area contributed by atoms with Crippen LogP contribution in [0, 0.1) is 5.82 Å². The number of halogens is 1. The van der Waals surface area contributed by atoms with E-state index in [0.29, 0.717) is 17.7 Å². The minimum absolute atomic E-state index is 0.158. The maximum absolute atomic E-state index is 13.5. The quantitative estimate of drug-likeness (QED) is 0.888. The maximum Gasteiger partial charge on any atom is 0.165 e. The molecule has 1 heterocycles. The average Bonchev–Trinajstić information content (AvgIpc) is 2.74. The molecule has 0 radical (unpaired) electrons. The van der Waals surface area contributed by atoms with Crippen LogP contribution in [0.25, 0.3) is 0 Å². The number of benzene rings is 1. The van der Waals surface area contributed by atoms with Gasteiger partial charge in [0, 0.05) is 19.7 Å². The minimum Gasteiger partial charge on any atom is -0.494 e. The number of aromatic nitrogens is 3. The number of aliphatic hydroxyl groups excluding tert-OH is 1. The normalized spacial score (nSPS) is 12.4. The van der Waals surface area contributed by atoms with E-state index in [0.717, 1.165) is 0 Å². The predicted molar refractivity (Wildman–Crippen MR) is 62.6 cm³/mol. The third-order valence-corrected chi connectivity index (χ3v) is 2.61. The first-order valence-electron chi connectivity index (χ1n) is 5.47. The first-order chi connectivity index (χ1) is 8.60. The smallest absolute Gasteiger partial charge is 0.165 e. The van der Waals surface area contributed by atoms with Crippen molar-refractivity contribution in [2.75, 3.05) is 7.11 Å². The predicted octanol–water partition coefficient (Wildman–Crippen LogP) is 1.24. The third kappa shape index (κ3) is 2.65. The topological polar surface area (TPSA) is 60.2 Å². The van der Waals surface area contributed by atoms with E-state index in [1.54, 1.807) is 24.0 Å². The van der Waals surface area contributed by atoms with E-state index < -0.39 is 11.9 Å². The molecule has 0 amide bonds. The highest BCUT2D eigenvalue weighted by molar-refractivity contribution is 5.30. The zero-order valence-corrected chi connectivity index (χ0v) is 10.2. The molecule has 1 atom stereocenters. The molecule has 0 aliphatic carbocycles. The molecule has 1 aromatic heterocycles. The van der Waals surface area contributed by atoms with Crippen molar-refractivity contribution in [1.29, 1.82) is 0 Å². The van der Waals surface area contributed by atoms with E-state index in [-0.39, 0.29) is 5.75 Å². The van der Waals surface area contributed by atoms with Crippen LogP contribution >= 0.6 is 0 Å². The van der Waals surface area contributed by atoms with Crippen molar-refractivity contribution in [3.63, 3.8) is 0 Å². The molecule has 0 saturated heterocycles. The van der Waals surface area contributed by atoms with Gasteiger partial charge in [-0.1, -0.05) is 11.3 Å². The van der Waals surface area contributed by atoms with E-state index in [1.165, 1.54) is 19.2 Å². The largest absolute Gasteiger partial charge is 0.494 e. The van der Waals surface area contributed by atoms with E-state index in [9.17, 15) is 9.50 Å². The molecule has 1 unspecified atom stereocenters. The Bertz CT molecular complexity index is 542. The molecule has 5 nitrogen and oxygen atoms in total. The Balaban J connectivity index is 2.13. The van der Waals surface area contributed by atoms with Gasteiger partial charge in [0.25, 0.3) is 0 Å². The van der Waals surface area contributed by atoms with Crippen molar-refractivity contribution in [3.8, 4) is 5.75 Å². The first kappa shape index (κ1) is 12.5.